The maximum atomic E-state index is 12.3. The van der Waals surface area contributed by atoms with Gasteiger partial charge in [0.05, 0.1) is 4.90 Å². The Hall–Kier alpha value is -1.00. The largest absolute Gasteiger partial charge is 0.384 e. The topological polar surface area (TPSA) is 66.4 Å². The molecule has 0 fully saturated rings. The molecular formula is C15H21NO3S2. The van der Waals surface area contributed by atoms with Crippen molar-refractivity contribution in [2.24, 2.45) is 0 Å². The van der Waals surface area contributed by atoms with Crippen molar-refractivity contribution in [2.45, 2.75) is 24.7 Å². The second-order valence-electron chi connectivity index (χ2n) is 4.54. The summed E-state index contributed by atoms with van der Waals surface area (Å²) < 4.78 is 27.2. The number of aliphatic hydroxyl groups is 1. The molecule has 0 amide bonds. The first-order chi connectivity index (χ1) is 10.0. The van der Waals surface area contributed by atoms with Crippen LogP contribution in [0.1, 0.15) is 24.0 Å². The van der Waals surface area contributed by atoms with Crippen LogP contribution in [0.5, 0.6) is 0 Å². The van der Waals surface area contributed by atoms with Crippen LogP contribution in [0.25, 0.3) is 0 Å². The van der Waals surface area contributed by atoms with Crippen molar-refractivity contribution in [1.82, 2.24) is 4.72 Å². The van der Waals surface area contributed by atoms with Gasteiger partial charge in [0.15, 0.2) is 0 Å². The molecule has 1 aromatic carbocycles. The minimum Gasteiger partial charge on any atom is -0.384 e. The first-order valence-electron chi connectivity index (χ1n) is 6.70. The van der Waals surface area contributed by atoms with E-state index in [9.17, 15) is 8.42 Å². The van der Waals surface area contributed by atoms with Crippen LogP contribution < -0.4 is 4.72 Å². The Labute approximate surface area is 131 Å². The maximum absolute atomic E-state index is 12.3. The zero-order valence-corrected chi connectivity index (χ0v) is 14.0. The van der Waals surface area contributed by atoms with E-state index in [0.717, 1.165) is 18.6 Å². The van der Waals surface area contributed by atoms with E-state index >= 15 is 0 Å². The average molecular weight is 327 g/mol. The highest BCUT2D eigenvalue weighted by Crippen LogP contribution is 2.16. The Morgan fingerprint density at radius 2 is 2.10 bits per heavy atom. The van der Waals surface area contributed by atoms with Crippen molar-refractivity contribution in [3.8, 4) is 11.8 Å². The molecule has 0 aliphatic rings. The second kappa shape index (κ2) is 9.11. The molecule has 0 heterocycles. The van der Waals surface area contributed by atoms with Gasteiger partial charge in [-0.1, -0.05) is 17.9 Å². The molecule has 0 saturated carbocycles. The van der Waals surface area contributed by atoms with Crippen LogP contribution in [0.2, 0.25) is 0 Å². The van der Waals surface area contributed by atoms with Gasteiger partial charge in [0, 0.05) is 12.1 Å². The van der Waals surface area contributed by atoms with E-state index in [0.29, 0.717) is 17.7 Å². The molecule has 0 spiro atoms. The Morgan fingerprint density at radius 3 is 2.76 bits per heavy atom. The molecule has 0 unspecified atom stereocenters. The van der Waals surface area contributed by atoms with Gasteiger partial charge in [-0.2, -0.15) is 11.8 Å². The standard InChI is InChI=1S/C15H21NO3S2/c1-13-7-8-14(6-5-10-17)12-15(13)21(18,19)16-9-3-4-11-20-2/h7-8,12,16-17H,3-4,9-11H2,1-2H3. The molecule has 0 bridgehead atoms. The summed E-state index contributed by atoms with van der Waals surface area (Å²) in [5.41, 5.74) is 1.26. The summed E-state index contributed by atoms with van der Waals surface area (Å²) >= 11 is 1.76. The van der Waals surface area contributed by atoms with Crippen LogP contribution in [0.4, 0.5) is 0 Å². The summed E-state index contributed by atoms with van der Waals surface area (Å²) in [6, 6.07) is 5.02. The lowest BCUT2D eigenvalue weighted by Gasteiger charge is -2.09. The van der Waals surface area contributed by atoms with Gasteiger partial charge >= 0.3 is 0 Å². The number of benzene rings is 1. The summed E-state index contributed by atoms with van der Waals surface area (Å²) in [5.74, 6) is 6.27. The molecule has 6 heteroatoms. The lowest BCUT2D eigenvalue weighted by molar-refractivity contribution is 0.350. The van der Waals surface area contributed by atoms with Crippen LogP contribution >= 0.6 is 11.8 Å². The molecule has 116 valence electrons. The number of rotatable bonds is 7. The van der Waals surface area contributed by atoms with Crippen LogP contribution in [0.3, 0.4) is 0 Å². The lowest BCUT2D eigenvalue weighted by Crippen LogP contribution is -2.25. The number of sulfonamides is 1. The number of hydrogen-bond acceptors (Lipinski definition) is 4. The van der Waals surface area contributed by atoms with Crippen molar-refractivity contribution in [2.75, 3.05) is 25.2 Å². The van der Waals surface area contributed by atoms with Gasteiger partial charge < -0.3 is 5.11 Å². The lowest BCUT2D eigenvalue weighted by atomic mass is 10.1. The highest BCUT2D eigenvalue weighted by molar-refractivity contribution is 7.98. The Morgan fingerprint density at radius 1 is 1.33 bits per heavy atom. The van der Waals surface area contributed by atoms with E-state index < -0.39 is 10.0 Å². The molecule has 21 heavy (non-hydrogen) atoms. The van der Waals surface area contributed by atoms with E-state index in [1.165, 1.54) is 0 Å². The number of aryl methyl sites for hydroxylation is 1. The second-order valence-corrected chi connectivity index (χ2v) is 7.26. The SMILES string of the molecule is CSCCCCNS(=O)(=O)c1cc(C#CCO)ccc1C. The third-order valence-corrected chi connectivity index (χ3v) is 5.16. The zero-order chi connectivity index (χ0) is 15.7. The van der Waals surface area contributed by atoms with E-state index in [2.05, 4.69) is 16.6 Å². The van der Waals surface area contributed by atoms with Crippen molar-refractivity contribution >= 4 is 21.8 Å². The van der Waals surface area contributed by atoms with E-state index in [1.54, 1.807) is 36.9 Å². The predicted molar refractivity (Wildman–Crippen MR) is 87.9 cm³/mol. The highest BCUT2D eigenvalue weighted by Gasteiger charge is 2.16. The van der Waals surface area contributed by atoms with Gasteiger partial charge in [0.1, 0.15) is 6.61 Å². The van der Waals surface area contributed by atoms with Gasteiger partial charge in [0.25, 0.3) is 0 Å². The quantitative estimate of drug-likeness (QED) is 0.591. The fourth-order valence-corrected chi connectivity index (χ4v) is 3.60. The van der Waals surface area contributed by atoms with E-state index in [4.69, 9.17) is 5.11 Å². The normalized spacial score (nSPS) is 11.0. The molecule has 0 aliphatic heterocycles. The van der Waals surface area contributed by atoms with Crippen LogP contribution in [0, 0.1) is 18.8 Å². The Kier molecular flexibility index (Phi) is 7.83. The molecule has 2 N–H and O–H groups in total. The number of hydrogen-bond donors (Lipinski definition) is 2. The maximum Gasteiger partial charge on any atom is 0.240 e. The fourth-order valence-electron chi connectivity index (χ4n) is 1.76. The van der Waals surface area contributed by atoms with Crippen molar-refractivity contribution < 1.29 is 13.5 Å². The molecule has 0 radical (unpaired) electrons. The number of thioether (sulfide) groups is 1. The molecule has 0 aromatic heterocycles. The third-order valence-electron chi connectivity index (χ3n) is 2.86. The minimum absolute atomic E-state index is 0.246. The van der Waals surface area contributed by atoms with Crippen molar-refractivity contribution in [3.05, 3.63) is 29.3 Å². The summed E-state index contributed by atoms with van der Waals surface area (Å²) in [6.07, 6.45) is 3.85. The fraction of sp³-hybridized carbons (Fsp3) is 0.467. The molecule has 1 aromatic rings. The Balaban J connectivity index is 2.82. The van der Waals surface area contributed by atoms with Crippen molar-refractivity contribution in [1.29, 1.82) is 0 Å². The third kappa shape index (κ3) is 6.10. The summed E-state index contributed by atoms with van der Waals surface area (Å²) in [6.45, 7) is 1.95. The average Bonchev–Trinajstić information content (AvgIpc) is 2.46. The first kappa shape index (κ1) is 18.1. The zero-order valence-electron chi connectivity index (χ0n) is 12.3. The molecule has 0 aliphatic carbocycles. The molecule has 0 saturated heterocycles. The Bertz CT molecular complexity index is 616. The minimum atomic E-state index is -3.51. The van der Waals surface area contributed by atoms with Gasteiger partial charge in [0.2, 0.25) is 10.0 Å². The molecule has 1 rings (SSSR count). The van der Waals surface area contributed by atoms with Gasteiger partial charge in [-0.3, -0.25) is 0 Å². The summed E-state index contributed by atoms with van der Waals surface area (Å²) in [5, 5.41) is 8.69. The van der Waals surface area contributed by atoms with Crippen LogP contribution in [0.15, 0.2) is 23.1 Å². The number of unbranched alkanes of at least 4 members (excludes halogenated alkanes) is 1. The van der Waals surface area contributed by atoms with Crippen LogP contribution in [-0.2, 0) is 10.0 Å². The van der Waals surface area contributed by atoms with Gasteiger partial charge in [-0.25, -0.2) is 13.1 Å². The van der Waals surface area contributed by atoms with Crippen LogP contribution in [-0.4, -0.2) is 38.7 Å². The first-order valence-corrected chi connectivity index (χ1v) is 9.58. The van der Waals surface area contributed by atoms with Gasteiger partial charge in [-0.05, 0) is 49.5 Å². The number of aliphatic hydroxyl groups excluding tert-OH is 1. The predicted octanol–water partition coefficient (Wildman–Crippen LogP) is 1.76. The van der Waals surface area contributed by atoms with E-state index in [-0.39, 0.29) is 11.5 Å². The molecule has 0 atom stereocenters. The molecule has 4 nitrogen and oxygen atoms in total. The molecular weight excluding hydrogens is 306 g/mol. The van der Waals surface area contributed by atoms with Crippen molar-refractivity contribution in [3.63, 3.8) is 0 Å². The summed E-state index contributed by atoms with van der Waals surface area (Å²) in [4.78, 5) is 0.247. The van der Waals surface area contributed by atoms with Gasteiger partial charge in [-0.15, -0.1) is 0 Å². The number of nitrogens with one attached hydrogen (secondary N) is 1. The summed E-state index contributed by atoms with van der Waals surface area (Å²) in [7, 11) is -3.51. The highest BCUT2D eigenvalue weighted by atomic mass is 32.2. The monoisotopic (exact) mass is 327 g/mol. The van der Waals surface area contributed by atoms with E-state index in [1.807, 2.05) is 6.26 Å². The smallest absolute Gasteiger partial charge is 0.240 e.